The van der Waals surface area contributed by atoms with Crippen molar-refractivity contribution < 1.29 is 4.79 Å². The molecule has 4 atom stereocenters. The van der Waals surface area contributed by atoms with Crippen LogP contribution in [0, 0.1) is 11.8 Å². The van der Waals surface area contributed by atoms with Gasteiger partial charge in [0.1, 0.15) is 5.38 Å². The Balaban J connectivity index is 2.47. The number of carbonyl (C=O) groups is 1. The van der Waals surface area contributed by atoms with Crippen LogP contribution < -0.4 is 5.32 Å². The molecule has 14 heavy (non-hydrogen) atoms. The van der Waals surface area contributed by atoms with Gasteiger partial charge in [0.25, 0.3) is 0 Å². The van der Waals surface area contributed by atoms with E-state index in [4.69, 9.17) is 11.6 Å². The molecule has 0 spiro atoms. The molecule has 0 aromatic rings. The van der Waals surface area contributed by atoms with Gasteiger partial charge in [0.2, 0.25) is 5.91 Å². The molecule has 82 valence electrons. The molecule has 1 rings (SSSR count). The van der Waals surface area contributed by atoms with Crippen LogP contribution in [0.15, 0.2) is 0 Å². The van der Waals surface area contributed by atoms with Gasteiger partial charge in [0, 0.05) is 6.04 Å². The Morgan fingerprint density at radius 2 is 2.07 bits per heavy atom. The second-order valence-corrected chi connectivity index (χ2v) is 5.15. The van der Waals surface area contributed by atoms with Crippen molar-refractivity contribution in [3.8, 4) is 0 Å². The van der Waals surface area contributed by atoms with Crippen molar-refractivity contribution in [2.75, 3.05) is 0 Å². The lowest BCUT2D eigenvalue weighted by Crippen LogP contribution is -2.45. The second kappa shape index (κ2) is 5.01. The SMILES string of the molecule is C[C@H]1[C@H](C)CCC[C@H]1NC(=O)[C@H](C)Cl. The normalized spacial score (nSPS) is 35.0. The molecule has 1 fully saturated rings. The molecule has 0 aromatic heterocycles. The lowest BCUT2D eigenvalue weighted by Gasteiger charge is -2.34. The molecule has 0 bridgehead atoms. The molecule has 1 N–H and O–H groups in total. The Labute approximate surface area is 91.4 Å². The Kier molecular flexibility index (Phi) is 4.24. The van der Waals surface area contributed by atoms with Crippen molar-refractivity contribution in [1.82, 2.24) is 5.32 Å². The average Bonchev–Trinajstić information content (AvgIpc) is 2.12. The zero-order valence-corrected chi connectivity index (χ0v) is 9.97. The van der Waals surface area contributed by atoms with Gasteiger partial charge in [-0.15, -0.1) is 11.6 Å². The molecule has 0 unspecified atom stereocenters. The fourth-order valence-electron chi connectivity index (χ4n) is 2.08. The molecule has 2 nitrogen and oxygen atoms in total. The Bertz CT molecular complexity index is 205. The van der Waals surface area contributed by atoms with Crippen LogP contribution in [-0.4, -0.2) is 17.3 Å². The van der Waals surface area contributed by atoms with Crippen molar-refractivity contribution in [3.05, 3.63) is 0 Å². The molecular weight excluding hydrogens is 198 g/mol. The average molecular weight is 218 g/mol. The number of nitrogens with one attached hydrogen (secondary N) is 1. The summed E-state index contributed by atoms with van der Waals surface area (Å²) in [6.45, 7) is 6.19. The summed E-state index contributed by atoms with van der Waals surface area (Å²) in [5.41, 5.74) is 0. The zero-order chi connectivity index (χ0) is 10.7. The third kappa shape index (κ3) is 2.88. The number of hydrogen-bond acceptors (Lipinski definition) is 1. The number of rotatable bonds is 2. The van der Waals surface area contributed by atoms with Crippen LogP contribution in [-0.2, 0) is 4.79 Å². The molecule has 0 aliphatic heterocycles. The van der Waals surface area contributed by atoms with Gasteiger partial charge in [-0.1, -0.05) is 26.7 Å². The van der Waals surface area contributed by atoms with Gasteiger partial charge in [0.05, 0.1) is 0 Å². The Morgan fingerprint density at radius 3 is 2.64 bits per heavy atom. The van der Waals surface area contributed by atoms with Gasteiger partial charge in [-0.2, -0.15) is 0 Å². The summed E-state index contributed by atoms with van der Waals surface area (Å²) < 4.78 is 0. The Morgan fingerprint density at radius 1 is 1.43 bits per heavy atom. The van der Waals surface area contributed by atoms with E-state index in [0.29, 0.717) is 17.9 Å². The molecule has 1 amide bonds. The van der Waals surface area contributed by atoms with Gasteiger partial charge in [-0.05, 0) is 25.2 Å². The summed E-state index contributed by atoms with van der Waals surface area (Å²) in [4.78, 5) is 11.4. The van der Waals surface area contributed by atoms with Gasteiger partial charge in [-0.25, -0.2) is 0 Å². The van der Waals surface area contributed by atoms with Crippen molar-refractivity contribution in [2.45, 2.75) is 51.5 Å². The van der Waals surface area contributed by atoms with Gasteiger partial charge in [0.15, 0.2) is 0 Å². The standard InChI is InChI=1S/C11H20ClNO/c1-7-5-4-6-10(8(7)2)13-11(14)9(3)12/h7-10H,4-6H2,1-3H3,(H,13,14)/t7-,8+,9+,10-/m1/s1. The molecule has 3 heteroatoms. The van der Waals surface area contributed by atoms with Crippen molar-refractivity contribution in [1.29, 1.82) is 0 Å². The van der Waals surface area contributed by atoms with Gasteiger partial charge >= 0.3 is 0 Å². The van der Waals surface area contributed by atoms with E-state index < -0.39 is 5.38 Å². The highest BCUT2D eigenvalue weighted by Crippen LogP contribution is 2.29. The number of amides is 1. The van der Waals surface area contributed by atoms with E-state index in [0.717, 1.165) is 6.42 Å². The van der Waals surface area contributed by atoms with Crippen LogP contribution in [0.1, 0.15) is 40.0 Å². The third-order valence-electron chi connectivity index (χ3n) is 3.40. The summed E-state index contributed by atoms with van der Waals surface area (Å²) in [7, 11) is 0. The molecule has 1 aliphatic rings. The summed E-state index contributed by atoms with van der Waals surface area (Å²) in [5.74, 6) is 1.25. The maximum absolute atomic E-state index is 11.4. The van der Waals surface area contributed by atoms with Crippen LogP contribution in [0.25, 0.3) is 0 Å². The molecule has 0 aromatic carbocycles. The highest BCUT2D eigenvalue weighted by Gasteiger charge is 2.28. The molecular formula is C11H20ClNO. The van der Waals surface area contributed by atoms with Crippen molar-refractivity contribution in [3.63, 3.8) is 0 Å². The fourth-order valence-corrected chi connectivity index (χ4v) is 2.15. The predicted octanol–water partition coefficient (Wildman–Crippen LogP) is 2.55. The topological polar surface area (TPSA) is 29.1 Å². The Hall–Kier alpha value is -0.240. The van der Waals surface area contributed by atoms with Gasteiger partial charge in [-0.3, -0.25) is 4.79 Å². The van der Waals surface area contributed by atoms with E-state index in [1.807, 2.05) is 0 Å². The summed E-state index contributed by atoms with van der Waals surface area (Å²) in [6, 6.07) is 0.326. The highest BCUT2D eigenvalue weighted by molar-refractivity contribution is 6.30. The highest BCUT2D eigenvalue weighted by atomic mass is 35.5. The number of alkyl halides is 1. The van der Waals surface area contributed by atoms with E-state index in [1.54, 1.807) is 6.92 Å². The van der Waals surface area contributed by atoms with E-state index in [2.05, 4.69) is 19.2 Å². The molecule has 0 heterocycles. The number of carbonyl (C=O) groups excluding carboxylic acids is 1. The van der Waals surface area contributed by atoms with Crippen LogP contribution in [0.5, 0.6) is 0 Å². The van der Waals surface area contributed by atoms with E-state index in [-0.39, 0.29) is 5.91 Å². The summed E-state index contributed by atoms with van der Waals surface area (Å²) in [6.07, 6.45) is 3.60. The zero-order valence-electron chi connectivity index (χ0n) is 9.22. The third-order valence-corrected chi connectivity index (χ3v) is 3.59. The van der Waals surface area contributed by atoms with E-state index in [9.17, 15) is 4.79 Å². The minimum atomic E-state index is -0.417. The van der Waals surface area contributed by atoms with Crippen molar-refractivity contribution in [2.24, 2.45) is 11.8 Å². The van der Waals surface area contributed by atoms with Crippen LogP contribution in [0.2, 0.25) is 0 Å². The van der Waals surface area contributed by atoms with Gasteiger partial charge < -0.3 is 5.32 Å². The first kappa shape index (κ1) is 11.8. The maximum Gasteiger partial charge on any atom is 0.237 e. The quantitative estimate of drug-likeness (QED) is 0.708. The minimum Gasteiger partial charge on any atom is -0.352 e. The largest absolute Gasteiger partial charge is 0.352 e. The molecule has 1 aliphatic carbocycles. The first-order valence-corrected chi connectivity index (χ1v) is 5.90. The molecule has 1 saturated carbocycles. The fraction of sp³-hybridized carbons (Fsp3) is 0.909. The summed E-state index contributed by atoms with van der Waals surface area (Å²) >= 11 is 5.72. The number of halogens is 1. The maximum atomic E-state index is 11.4. The van der Waals surface area contributed by atoms with Crippen LogP contribution in [0.3, 0.4) is 0 Å². The lowest BCUT2D eigenvalue weighted by atomic mass is 9.78. The predicted molar refractivity (Wildman–Crippen MR) is 59.4 cm³/mol. The monoisotopic (exact) mass is 217 g/mol. The molecule has 0 saturated heterocycles. The van der Waals surface area contributed by atoms with E-state index >= 15 is 0 Å². The minimum absolute atomic E-state index is 0.0300. The first-order valence-electron chi connectivity index (χ1n) is 5.46. The lowest BCUT2D eigenvalue weighted by molar-refractivity contribution is -0.121. The number of hydrogen-bond donors (Lipinski definition) is 1. The smallest absolute Gasteiger partial charge is 0.237 e. The first-order chi connectivity index (χ1) is 6.52. The van der Waals surface area contributed by atoms with E-state index in [1.165, 1.54) is 12.8 Å². The molecule has 0 radical (unpaired) electrons. The van der Waals surface area contributed by atoms with Crippen molar-refractivity contribution >= 4 is 17.5 Å². The van der Waals surface area contributed by atoms with Crippen LogP contribution >= 0.6 is 11.6 Å². The van der Waals surface area contributed by atoms with Crippen LogP contribution in [0.4, 0.5) is 0 Å². The summed E-state index contributed by atoms with van der Waals surface area (Å²) in [5, 5.41) is 2.61. The second-order valence-electron chi connectivity index (χ2n) is 4.50.